The van der Waals surface area contributed by atoms with E-state index in [0.717, 1.165) is 44.5 Å². The third kappa shape index (κ3) is 4.98. The standard InChI is InChI=1S/C22H31N3O2/c1-3-13-25-17-22(10-9-21(25)27)11-14-24(15-12-22)16-20(26)23-18(2)19-7-5-4-6-8-19/h3-8,18H,1,9-17H2,2H3,(H,23,26)/t18-/m1/s1. The zero-order valence-corrected chi connectivity index (χ0v) is 16.3. The molecule has 2 aliphatic heterocycles. The average Bonchev–Trinajstić information content (AvgIpc) is 2.68. The van der Waals surface area contributed by atoms with E-state index in [1.807, 2.05) is 48.2 Å². The lowest BCUT2D eigenvalue weighted by Gasteiger charge is -2.47. The van der Waals surface area contributed by atoms with Crippen LogP contribution in [0.25, 0.3) is 0 Å². The predicted octanol–water partition coefficient (Wildman–Crippen LogP) is 2.75. The van der Waals surface area contributed by atoms with Crippen molar-refractivity contribution in [3.05, 3.63) is 48.6 Å². The molecule has 1 N–H and O–H groups in total. The number of likely N-dealkylation sites (tertiary alicyclic amines) is 2. The van der Waals surface area contributed by atoms with Crippen LogP contribution in [-0.4, -0.2) is 54.3 Å². The second-order valence-electron chi connectivity index (χ2n) is 8.04. The van der Waals surface area contributed by atoms with Crippen molar-refractivity contribution in [3.8, 4) is 0 Å². The minimum Gasteiger partial charge on any atom is -0.348 e. The Kier molecular flexibility index (Phi) is 6.32. The fourth-order valence-corrected chi connectivity index (χ4v) is 4.33. The molecule has 0 bridgehead atoms. The molecule has 5 nitrogen and oxygen atoms in total. The maximum absolute atomic E-state index is 12.4. The zero-order valence-electron chi connectivity index (χ0n) is 16.3. The van der Waals surface area contributed by atoms with Crippen LogP contribution >= 0.6 is 0 Å². The highest BCUT2D eigenvalue weighted by molar-refractivity contribution is 5.78. The Balaban J connectivity index is 1.47. The lowest BCUT2D eigenvalue weighted by molar-refractivity contribution is -0.138. The first-order valence-electron chi connectivity index (χ1n) is 9.97. The van der Waals surface area contributed by atoms with Gasteiger partial charge in [0.05, 0.1) is 12.6 Å². The van der Waals surface area contributed by atoms with E-state index in [4.69, 9.17) is 0 Å². The molecule has 2 aliphatic rings. The molecule has 2 amide bonds. The second-order valence-corrected chi connectivity index (χ2v) is 8.04. The lowest BCUT2D eigenvalue weighted by Crippen LogP contribution is -2.52. The lowest BCUT2D eigenvalue weighted by atomic mass is 9.72. The molecule has 1 aromatic carbocycles. The number of hydrogen-bond donors (Lipinski definition) is 1. The van der Waals surface area contributed by atoms with Crippen molar-refractivity contribution >= 4 is 11.8 Å². The molecule has 1 atom stereocenters. The van der Waals surface area contributed by atoms with Crippen molar-refractivity contribution in [2.24, 2.45) is 5.41 Å². The van der Waals surface area contributed by atoms with Crippen molar-refractivity contribution in [2.75, 3.05) is 32.7 Å². The van der Waals surface area contributed by atoms with Gasteiger partial charge in [-0.25, -0.2) is 0 Å². The van der Waals surface area contributed by atoms with Gasteiger partial charge < -0.3 is 10.2 Å². The van der Waals surface area contributed by atoms with Gasteiger partial charge in [0.15, 0.2) is 0 Å². The van der Waals surface area contributed by atoms with Gasteiger partial charge in [0.25, 0.3) is 0 Å². The van der Waals surface area contributed by atoms with Gasteiger partial charge in [-0.1, -0.05) is 36.4 Å². The minimum atomic E-state index is 0.0200. The number of carbonyl (C=O) groups is 2. The molecule has 27 heavy (non-hydrogen) atoms. The highest BCUT2D eigenvalue weighted by atomic mass is 16.2. The normalized spacial score (nSPS) is 21.1. The zero-order chi connectivity index (χ0) is 19.3. The molecule has 0 saturated carbocycles. The van der Waals surface area contributed by atoms with Gasteiger partial charge in [0.1, 0.15) is 0 Å². The van der Waals surface area contributed by atoms with Crippen LogP contribution in [0.5, 0.6) is 0 Å². The number of nitrogens with one attached hydrogen (secondary N) is 1. The first-order chi connectivity index (χ1) is 13.0. The Morgan fingerprint density at radius 2 is 1.96 bits per heavy atom. The molecule has 0 unspecified atom stereocenters. The topological polar surface area (TPSA) is 52.7 Å². The molecule has 2 saturated heterocycles. The molecule has 1 aromatic rings. The van der Waals surface area contributed by atoms with Gasteiger partial charge >= 0.3 is 0 Å². The third-order valence-electron chi connectivity index (χ3n) is 6.06. The van der Waals surface area contributed by atoms with E-state index < -0.39 is 0 Å². The molecule has 0 aliphatic carbocycles. The van der Waals surface area contributed by atoms with Crippen LogP contribution in [0.2, 0.25) is 0 Å². The van der Waals surface area contributed by atoms with Crippen molar-refractivity contribution < 1.29 is 9.59 Å². The monoisotopic (exact) mass is 369 g/mol. The molecular formula is C22H31N3O2. The average molecular weight is 370 g/mol. The maximum Gasteiger partial charge on any atom is 0.234 e. The highest BCUT2D eigenvalue weighted by Gasteiger charge is 2.40. The third-order valence-corrected chi connectivity index (χ3v) is 6.06. The smallest absolute Gasteiger partial charge is 0.234 e. The summed E-state index contributed by atoms with van der Waals surface area (Å²) < 4.78 is 0. The summed E-state index contributed by atoms with van der Waals surface area (Å²) in [5.74, 6) is 0.326. The Morgan fingerprint density at radius 1 is 1.26 bits per heavy atom. The van der Waals surface area contributed by atoms with Crippen LogP contribution in [0.15, 0.2) is 43.0 Å². The Bertz CT molecular complexity index is 665. The SMILES string of the molecule is C=CCN1CC2(CCC1=O)CCN(CC(=O)N[C@H](C)c1ccccc1)CC2. The number of piperidine rings is 2. The van der Waals surface area contributed by atoms with Crippen LogP contribution < -0.4 is 5.32 Å². The second kappa shape index (κ2) is 8.70. The Labute approximate surface area is 162 Å². The highest BCUT2D eigenvalue weighted by Crippen LogP contribution is 2.40. The van der Waals surface area contributed by atoms with E-state index >= 15 is 0 Å². The molecule has 0 radical (unpaired) electrons. The predicted molar refractivity (Wildman–Crippen MR) is 107 cm³/mol. The maximum atomic E-state index is 12.4. The first-order valence-corrected chi connectivity index (χ1v) is 9.97. The largest absolute Gasteiger partial charge is 0.348 e. The van der Waals surface area contributed by atoms with Gasteiger partial charge in [0.2, 0.25) is 11.8 Å². The summed E-state index contributed by atoms with van der Waals surface area (Å²) in [7, 11) is 0. The number of carbonyl (C=O) groups excluding carboxylic acids is 2. The van der Waals surface area contributed by atoms with Gasteiger partial charge in [-0.2, -0.15) is 0 Å². The molecule has 2 fully saturated rings. The number of rotatable bonds is 6. The number of nitrogens with zero attached hydrogens (tertiary/aromatic N) is 2. The van der Waals surface area contributed by atoms with E-state index in [-0.39, 0.29) is 23.3 Å². The van der Waals surface area contributed by atoms with E-state index in [0.29, 0.717) is 19.5 Å². The van der Waals surface area contributed by atoms with Crippen LogP contribution in [0, 0.1) is 5.41 Å². The quantitative estimate of drug-likeness (QED) is 0.785. The summed E-state index contributed by atoms with van der Waals surface area (Å²) in [6.07, 6.45) is 5.53. The molecule has 2 heterocycles. The first kappa shape index (κ1) is 19.6. The summed E-state index contributed by atoms with van der Waals surface area (Å²) >= 11 is 0. The van der Waals surface area contributed by atoms with Gasteiger partial charge in [0, 0.05) is 19.5 Å². The van der Waals surface area contributed by atoms with Gasteiger partial charge in [-0.05, 0) is 50.3 Å². The van der Waals surface area contributed by atoms with Crippen LogP contribution in [0.3, 0.4) is 0 Å². The molecule has 0 aromatic heterocycles. The summed E-state index contributed by atoms with van der Waals surface area (Å²) in [5, 5.41) is 3.10. The molecule has 146 valence electrons. The van der Waals surface area contributed by atoms with Crippen LogP contribution in [0.4, 0.5) is 0 Å². The van der Waals surface area contributed by atoms with Crippen molar-refractivity contribution in [1.82, 2.24) is 15.1 Å². The van der Waals surface area contributed by atoms with Crippen molar-refractivity contribution in [2.45, 2.75) is 38.6 Å². The van der Waals surface area contributed by atoms with Crippen molar-refractivity contribution in [3.63, 3.8) is 0 Å². The van der Waals surface area contributed by atoms with E-state index in [9.17, 15) is 9.59 Å². The summed E-state index contributed by atoms with van der Waals surface area (Å²) in [6.45, 7) is 9.55. The van der Waals surface area contributed by atoms with E-state index in [2.05, 4.69) is 16.8 Å². The van der Waals surface area contributed by atoms with Gasteiger partial charge in [-0.3, -0.25) is 14.5 Å². The Morgan fingerprint density at radius 3 is 2.63 bits per heavy atom. The van der Waals surface area contributed by atoms with Crippen molar-refractivity contribution in [1.29, 1.82) is 0 Å². The number of hydrogen-bond acceptors (Lipinski definition) is 3. The van der Waals surface area contributed by atoms with E-state index in [1.54, 1.807) is 0 Å². The molecule has 5 heteroatoms. The minimum absolute atomic E-state index is 0.0200. The molecule has 3 rings (SSSR count). The number of amides is 2. The molecule has 1 spiro atoms. The Hall–Kier alpha value is -2.14. The molecular weight excluding hydrogens is 338 g/mol. The van der Waals surface area contributed by atoms with E-state index in [1.165, 1.54) is 0 Å². The fraction of sp³-hybridized carbons (Fsp3) is 0.545. The fourth-order valence-electron chi connectivity index (χ4n) is 4.33. The van der Waals surface area contributed by atoms with Crippen LogP contribution in [0.1, 0.15) is 44.2 Å². The summed E-state index contributed by atoms with van der Waals surface area (Å²) in [6, 6.07) is 10.1. The summed E-state index contributed by atoms with van der Waals surface area (Å²) in [5.41, 5.74) is 1.35. The number of benzene rings is 1. The summed E-state index contributed by atoms with van der Waals surface area (Å²) in [4.78, 5) is 28.7. The van der Waals surface area contributed by atoms with Crippen LogP contribution in [-0.2, 0) is 9.59 Å². The van der Waals surface area contributed by atoms with Gasteiger partial charge in [-0.15, -0.1) is 6.58 Å².